The van der Waals surface area contributed by atoms with Crippen LogP contribution < -0.4 is 4.74 Å². The van der Waals surface area contributed by atoms with E-state index in [2.05, 4.69) is 52.9 Å². The highest BCUT2D eigenvalue weighted by atomic mass is 16.5. The molecule has 3 heterocycles. The lowest BCUT2D eigenvalue weighted by atomic mass is 9.97. The summed E-state index contributed by atoms with van der Waals surface area (Å²) >= 11 is 0. The van der Waals surface area contributed by atoms with Gasteiger partial charge in [-0.15, -0.1) is 0 Å². The maximum atomic E-state index is 6.15. The summed E-state index contributed by atoms with van der Waals surface area (Å²) in [7, 11) is 2.21. The first-order valence-corrected chi connectivity index (χ1v) is 9.07. The van der Waals surface area contributed by atoms with Crippen LogP contribution in [0.2, 0.25) is 0 Å². The average molecular weight is 315 g/mol. The molecule has 0 N–H and O–H groups in total. The lowest BCUT2D eigenvalue weighted by Crippen LogP contribution is -2.69. The van der Waals surface area contributed by atoms with Crippen molar-refractivity contribution in [3.8, 4) is 5.75 Å². The molecule has 126 valence electrons. The van der Waals surface area contributed by atoms with E-state index in [1.807, 2.05) is 0 Å². The van der Waals surface area contributed by atoms with Gasteiger partial charge in [-0.25, -0.2) is 0 Å². The highest BCUT2D eigenvalue weighted by Crippen LogP contribution is 2.26. The summed E-state index contributed by atoms with van der Waals surface area (Å²) in [6.45, 7) is 9.59. The molecule has 4 heteroatoms. The number of nitrogens with zero attached hydrogens (tertiary/aromatic N) is 3. The van der Waals surface area contributed by atoms with Crippen LogP contribution in [0.5, 0.6) is 5.75 Å². The summed E-state index contributed by atoms with van der Waals surface area (Å²) in [5, 5.41) is 0. The molecule has 0 bridgehead atoms. The lowest BCUT2D eigenvalue weighted by Gasteiger charge is -2.54. The molecule has 0 amide bonds. The number of ether oxygens (including phenoxy) is 1. The maximum absolute atomic E-state index is 6.15. The van der Waals surface area contributed by atoms with Gasteiger partial charge in [0, 0.05) is 51.4 Å². The fourth-order valence-corrected chi connectivity index (χ4v) is 4.08. The molecule has 0 atom stereocenters. The van der Waals surface area contributed by atoms with Crippen molar-refractivity contribution in [1.82, 2.24) is 14.7 Å². The Morgan fingerprint density at radius 1 is 0.870 bits per heavy atom. The molecular formula is C19H29N3O. The van der Waals surface area contributed by atoms with Gasteiger partial charge in [-0.05, 0) is 38.9 Å². The minimum atomic E-state index is 0.394. The number of hydrogen-bond donors (Lipinski definition) is 0. The highest BCUT2D eigenvalue weighted by molar-refractivity contribution is 5.26. The first kappa shape index (κ1) is 15.4. The van der Waals surface area contributed by atoms with Crippen molar-refractivity contribution < 1.29 is 4.74 Å². The molecule has 0 spiro atoms. The number of rotatable bonds is 4. The van der Waals surface area contributed by atoms with E-state index in [-0.39, 0.29) is 0 Å². The van der Waals surface area contributed by atoms with Gasteiger partial charge in [-0.2, -0.15) is 0 Å². The third kappa shape index (κ3) is 3.39. The third-order valence-corrected chi connectivity index (χ3v) is 5.77. The third-order valence-electron chi connectivity index (χ3n) is 5.77. The predicted octanol–water partition coefficient (Wildman–Crippen LogP) is 1.84. The number of piperidine rings is 1. The summed E-state index contributed by atoms with van der Waals surface area (Å²) in [5.74, 6) is 1.03. The number of aryl methyl sites for hydroxylation is 1. The van der Waals surface area contributed by atoms with Crippen molar-refractivity contribution in [1.29, 1.82) is 0 Å². The number of likely N-dealkylation sites (tertiary alicyclic amines) is 3. The standard InChI is InChI=1S/C19H29N3O/c1-15-3-5-18(6-4-15)23-19-7-9-21(10-8-19)17-13-22(14-17)16-11-20(2)12-16/h3-6,16-17,19H,7-14H2,1-2H3. The van der Waals surface area contributed by atoms with Crippen molar-refractivity contribution in [3.63, 3.8) is 0 Å². The van der Waals surface area contributed by atoms with Crippen molar-refractivity contribution in [2.45, 2.75) is 38.0 Å². The summed E-state index contributed by atoms with van der Waals surface area (Å²) in [6.07, 6.45) is 2.72. The molecular weight excluding hydrogens is 286 g/mol. The minimum absolute atomic E-state index is 0.394. The Kier molecular flexibility index (Phi) is 4.31. The van der Waals surface area contributed by atoms with Crippen LogP contribution in [0, 0.1) is 6.92 Å². The fraction of sp³-hybridized carbons (Fsp3) is 0.684. The predicted molar refractivity (Wildman–Crippen MR) is 93.0 cm³/mol. The number of benzene rings is 1. The van der Waals surface area contributed by atoms with Gasteiger partial charge in [0.05, 0.1) is 0 Å². The summed E-state index contributed by atoms with van der Waals surface area (Å²) in [6, 6.07) is 10.1. The Balaban J connectivity index is 1.19. The molecule has 0 saturated carbocycles. The van der Waals surface area contributed by atoms with Crippen molar-refractivity contribution in [2.75, 3.05) is 46.3 Å². The Hall–Kier alpha value is -1.10. The number of likely N-dealkylation sites (N-methyl/N-ethyl adjacent to an activating group) is 1. The second-order valence-electron chi connectivity index (χ2n) is 7.65. The average Bonchev–Trinajstić information content (AvgIpc) is 2.48. The van der Waals surface area contributed by atoms with Gasteiger partial charge in [-0.3, -0.25) is 9.80 Å². The zero-order valence-electron chi connectivity index (χ0n) is 14.4. The van der Waals surface area contributed by atoms with Crippen LogP contribution in [-0.2, 0) is 0 Å². The molecule has 4 nitrogen and oxygen atoms in total. The minimum Gasteiger partial charge on any atom is -0.490 e. The van der Waals surface area contributed by atoms with E-state index in [4.69, 9.17) is 4.74 Å². The molecule has 0 aromatic heterocycles. The van der Waals surface area contributed by atoms with E-state index in [0.29, 0.717) is 6.10 Å². The molecule has 0 aliphatic carbocycles. The molecule has 1 aromatic rings. The van der Waals surface area contributed by atoms with Crippen molar-refractivity contribution >= 4 is 0 Å². The van der Waals surface area contributed by atoms with Gasteiger partial charge in [0.25, 0.3) is 0 Å². The topological polar surface area (TPSA) is 19.0 Å². The highest BCUT2D eigenvalue weighted by Gasteiger charge is 2.40. The molecule has 3 saturated heterocycles. The van der Waals surface area contributed by atoms with Gasteiger partial charge in [0.1, 0.15) is 11.9 Å². The van der Waals surface area contributed by atoms with E-state index >= 15 is 0 Å². The molecule has 23 heavy (non-hydrogen) atoms. The van der Waals surface area contributed by atoms with Crippen LogP contribution >= 0.6 is 0 Å². The number of hydrogen-bond acceptors (Lipinski definition) is 4. The molecule has 0 radical (unpaired) electrons. The smallest absolute Gasteiger partial charge is 0.119 e. The van der Waals surface area contributed by atoms with E-state index in [9.17, 15) is 0 Å². The van der Waals surface area contributed by atoms with Crippen molar-refractivity contribution in [3.05, 3.63) is 29.8 Å². The van der Waals surface area contributed by atoms with Crippen LogP contribution in [0.4, 0.5) is 0 Å². The summed E-state index contributed by atoms with van der Waals surface area (Å²) < 4.78 is 6.15. The Labute approximate surface area is 140 Å². The molecule has 0 unspecified atom stereocenters. The lowest BCUT2D eigenvalue weighted by molar-refractivity contribution is -0.0549. The second kappa shape index (κ2) is 6.42. The van der Waals surface area contributed by atoms with Gasteiger partial charge < -0.3 is 9.64 Å². The van der Waals surface area contributed by atoms with Crippen LogP contribution in [0.3, 0.4) is 0 Å². The summed E-state index contributed by atoms with van der Waals surface area (Å²) in [4.78, 5) is 7.76. The van der Waals surface area contributed by atoms with Gasteiger partial charge in [0.15, 0.2) is 0 Å². The quantitative estimate of drug-likeness (QED) is 0.844. The van der Waals surface area contributed by atoms with Crippen LogP contribution in [0.1, 0.15) is 18.4 Å². The van der Waals surface area contributed by atoms with Crippen molar-refractivity contribution in [2.24, 2.45) is 0 Å². The Bertz CT molecular complexity index is 512. The van der Waals surface area contributed by atoms with Crippen LogP contribution in [0.15, 0.2) is 24.3 Å². The van der Waals surface area contributed by atoms with Gasteiger partial charge >= 0.3 is 0 Å². The summed E-state index contributed by atoms with van der Waals surface area (Å²) in [5.41, 5.74) is 1.29. The van der Waals surface area contributed by atoms with Gasteiger partial charge in [0.2, 0.25) is 0 Å². The Morgan fingerprint density at radius 3 is 2.09 bits per heavy atom. The molecule has 1 aromatic carbocycles. The first-order valence-electron chi connectivity index (χ1n) is 9.07. The fourth-order valence-electron chi connectivity index (χ4n) is 4.08. The Morgan fingerprint density at radius 2 is 1.48 bits per heavy atom. The van der Waals surface area contributed by atoms with Crippen LogP contribution in [0.25, 0.3) is 0 Å². The normalized spacial score (nSPS) is 26.0. The first-order chi connectivity index (χ1) is 11.2. The SMILES string of the molecule is Cc1ccc(OC2CCN(C3CN(C4CN(C)C4)C3)CC2)cc1. The largest absolute Gasteiger partial charge is 0.490 e. The molecule has 3 fully saturated rings. The maximum Gasteiger partial charge on any atom is 0.119 e. The van der Waals surface area contributed by atoms with E-state index in [1.54, 1.807) is 0 Å². The zero-order valence-corrected chi connectivity index (χ0v) is 14.4. The van der Waals surface area contributed by atoms with E-state index in [1.165, 1.54) is 44.8 Å². The second-order valence-corrected chi connectivity index (χ2v) is 7.65. The molecule has 4 rings (SSSR count). The van der Waals surface area contributed by atoms with Crippen LogP contribution in [-0.4, -0.2) is 79.2 Å². The zero-order chi connectivity index (χ0) is 15.8. The molecule has 3 aliphatic rings. The van der Waals surface area contributed by atoms with E-state index in [0.717, 1.165) is 30.7 Å². The van der Waals surface area contributed by atoms with E-state index < -0.39 is 0 Å². The monoisotopic (exact) mass is 315 g/mol. The van der Waals surface area contributed by atoms with Gasteiger partial charge in [-0.1, -0.05) is 17.7 Å². The molecule has 3 aliphatic heterocycles.